The standard InChI is InChI=1S/C18H27NO2.C2H6/c1-14-8-10-15(11-9-14)13-16-7-5-6-12-19(16)17(20)21-18(2,3)4;1-2/h8-11,16H,5-7,12-13H2,1-4H3;1-2H3. The minimum atomic E-state index is -0.428. The molecule has 1 saturated heterocycles. The molecule has 0 aliphatic carbocycles. The second kappa shape index (κ2) is 8.95. The van der Waals surface area contributed by atoms with Gasteiger partial charge in [0.1, 0.15) is 5.60 Å². The van der Waals surface area contributed by atoms with Gasteiger partial charge in [0.15, 0.2) is 0 Å². The summed E-state index contributed by atoms with van der Waals surface area (Å²) in [6.07, 6.45) is 4.07. The molecule has 23 heavy (non-hydrogen) atoms. The van der Waals surface area contributed by atoms with Crippen LogP contribution in [-0.4, -0.2) is 29.2 Å². The number of piperidine rings is 1. The molecular weight excluding hydrogens is 286 g/mol. The van der Waals surface area contributed by atoms with Crippen molar-refractivity contribution in [3.05, 3.63) is 35.4 Å². The first kappa shape index (κ1) is 19.5. The van der Waals surface area contributed by atoms with Crippen molar-refractivity contribution in [2.75, 3.05) is 6.54 Å². The largest absolute Gasteiger partial charge is 0.444 e. The molecular formula is C20H33NO2. The second-order valence-electron chi connectivity index (χ2n) is 7.01. The Balaban J connectivity index is 0.00000127. The van der Waals surface area contributed by atoms with Crippen LogP contribution in [0.2, 0.25) is 0 Å². The Morgan fingerprint density at radius 3 is 2.35 bits per heavy atom. The lowest BCUT2D eigenvalue weighted by molar-refractivity contribution is 0.00995. The molecule has 1 amide bonds. The number of ether oxygens (including phenoxy) is 1. The van der Waals surface area contributed by atoms with Crippen LogP contribution in [-0.2, 0) is 11.2 Å². The fourth-order valence-electron chi connectivity index (χ4n) is 2.77. The monoisotopic (exact) mass is 319 g/mol. The minimum absolute atomic E-state index is 0.167. The molecule has 1 aromatic rings. The highest BCUT2D eigenvalue weighted by atomic mass is 16.6. The van der Waals surface area contributed by atoms with Crippen LogP contribution < -0.4 is 0 Å². The first-order valence-electron chi connectivity index (χ1n) is 8.90. The number of hydrogen-bond acceptors (Lipinski definition) is 2. The average Bonchev–Trinajstić information content (AvgIpc) is 2.50. The minimum Gasteiger partial charge on any atom is -0.444 e. The summed E-state index contributed by atoms with van der Waals surface area (Å²) in [4.78, 5) is 14.3. The van der Waals surface area contributed by atoms with Gasteiger partial charge in [0.2, 0.25) is 0 Å². The highest BCUT2D eigenvalue weighted by Gasteiger charge is 2.30. The van der Waals surface area contributed by atoms with Crippen molar-refractivity contribution in [2.24, 2.45) is 0 Å². The van der Waals surface area contributed by atoms with Gasteiger partial charge in [0.25, 0.3) is 0 Å². The summed E-state index contributed by atoms with van der Waals surface area (Å²) in [6, 6.07) is 8.86. The number of likely N-dealkylation sites (tertiary alicyclic amines) is 1. The van der Waals surface area contributed by atoms with Crippen molar-refractivity contribution in [3.8, 4) is 0 Å². The Hall–Kier alpha value is -1.51. The molecule has 3 nitrogen and oxygen atoms in total. The normalized spacial score (nSPS) is 18.0. The molecule has 1 aromatic carbocycles. The average molecular weight is 319 g/mol. The summed E-state index contributed by atoms with van der Waals surface area (Å²) >= 11 is 0. The molecule has 2 rings (SSSR count). The molecule has 1 aliphatic heterocycles. The predicted octanol–water partition coefficient (Wildman–Crippen LogP) is 5.35. The lowest BCUT2D eigenvalue weighted by Crippen LogP contribution is -2.47. The van der Waals surface area contributed by atoms with Crippen LogP contribution >= 0.6 is 0 Å². The van der Waals surface area contributed by atoms with Gasteiger partial charge < -0.3 is 9.64 Å². The van der Waals surface area contributed by atoms with E-state index in [9.17, 15) is 4.79 Å². The summed E-state index contributed by atoms with van der Waals surface area (Å²) in [5.41, 5.74) is 2.13. The summed E-state index contributed by atoms with van der Waals surface area (Å²) in [5.74, 6) is 0. The lowest BCUT2D eigenvalue weighted by Gasteiger charge is -2.37. The molecule has 0 spiro atoms. The smallest absolute Gasteiger partial charge is 0.410 e. The van der Waals surface area contributed by atoms with E-state index in [4.69, 9.17) is 4.74 Å². The van der Waals surface area contributed by atoms with Crippen LogP contribution in [0.25, 0.3) is 0 Å². The van der Waals surface area contributed by atoms with Gasteiger partial charge in [-0.15, -0.1) is 0 Å². The molecule has 1 atom stereocenters. The van der Waals surface area contributed by atoms with E-state index in [1.807, 2.05) is 39.5 Å². The molecule has 1 unspecified atom stereocenters. The maximum Gasteiger partial charge on any atom is 0.410 e. The number of amides is 1. The van der Waals surface area contributed by atoms with E-state index in [1.54, 1.807) is 0 Å². The maximum absolute atomic E-state index is 12.4. The van der Waals surface area contributed by atoms with Crippen molar-refractivity contribution in [3.63, 3.8) is 0 Å². The van der Waals surface area contributed by atoms with Crippen LogP contribution in [0.5, 0.6) is 0 Å². The van der Waals surface area contributed by atoms with Gasteiger partial charge in [-0.05, 0) is 58.9 Å². The van der Waals surface area contributed by atoms with E-state index in [-0.39, 0.29) is 12.1 Å². The zero-order chi connectivity index (χ0) is 17.5. The Bertz CT molecular complexity index is 473. The molecule has 3 heteroatoms. The Labute approximate surface area is 142 Å². The van der Waals surface area contributed by atoms with Gasteiger partial charge in [-0.3, -0.25) is 0 Å². The third-order valence-corrected chi connectivity index (χ3v) is 3.85. The van der Waals surface area contributed by atoms with Crippen LogP contribution in [0.1, 0.15) is 65.0 Å². The van der Waals surface area contributed by atoms with Crippen molar-refractivity contribution < 1.29 is 9.53 Å². The van der Waals surface area contributed by atoms with Gasteiger partial charge >= 0.3 is 6.09 Å². The Morgan fingerprint density at radius 2 is 1.78 bits per heavy atom. The molecule has 1 fully saturated rings. The quantitative estimate of drug-likeness (QED) is 0.735. The lowest BCUT2D eigenvalue weighted by atomic mass is 9.95. The molecule has 1 aliphatic rings. The summed E-state index contributed by atoms with van der Waals surface area (Å²) in [5, 5.41) is 0. The van der Waals surface area contributed by atoms with Gasteiger partial charge in [-0.2, -0.15) is 0 Å². The highest BCUT2D eigenvalue weighted by molar-refractivity contribution is 5.68. The zero-order valence-electron chi connectivity index (χ0n) is 15.7. The fraction of sp³-hybridized carbons (Fsp3) is 0.650. The van der Waals surface area contributed by atoms with Gasteiger partial charge in [0, 0.05) is 12.6 Å². The van der Waals surface area contributed by atoms with E-state index in [0.29, 0.717) is 0 Å². The van der Waals surface area contributed by atoms with Gasteiger partial charge in [0.05, 0.1) is 0 Å². The number of benzene rings is 1. The van der Waals surface area contributed by atoms with Crippen molar-refractivity contribution >= 4 is 6.09 Å². The number of rotatable bonds is 2. The van der Waals surface area contributed by atoms with Gasteiger partial charge in [-0.1, -0.05) is 43.7 Å². The van der Waals surface area contributed by atoms with E-state index in [1.165, 1.54) is 17.5 Å². The number of nitrogens with zero attached hydrogens (tertiary/aromatic N) is 1. The number of hydrogen-bond donors (Lipinski definition) is 0. The van der Waals surface area contributed by atoms with Crippen LogP contribution in [0.4, 0.5) is 4.79 Å². The second-order valence-corrected chi connectivity index (χ2v) is 7.01. The Kier molecular flexibility index (Phi) is 7.60. The van der Waals surface area contributed by atoms with Gasteiger partial charge in [-0.25, -0.2) is 4.79 Å². The maximum atomic E-state index is 12.4. The SMILES string of the molecule is CC.Cc1ccc(CC2CCCCN2C(=O)OC(C)(C)C)cc1. The zero-order valence-corrected chi connectivity index (χ0v) is 15.7. The topological polar surface area (TPSA) is 29.5 Å². The molecule has 0 saturated carbocycles. The first-order chi connectivity index (χ1) is 10.8. The van der Waals surface area contributed by atoms with Crippen LogP contribution in [0.3, 0.4) is 0 Å². The summed E-state index contributed by atoms with van der Waals surface area (Å²) in [6.45, 7) is 12.7. The van der Waals surface area contributed by atoms with Crippen LogP contribution in [0.15, 0.2) is 24.3 Å². The van der Waals surface area contributed by atoms with Crippen molar-refractivity contribution in [1.82, 2.24) is 4.90 Å². The van der Waals surface area contributed by atoms with E-state index in [2.05, 4.69) is 31.2 Å². The Morgan fingerprint density at radius 1 is 1.17 bits per heavy atom. The summed E-state index contributed by atoms with van der Waals surface area (Å²) < 4.78 is 5.55. The third kappa shape index (κ3) is 6.64. The molecule has 1 heterocycles. The fourth-order valence-corrected chi connectivity index (χ4v) is 2.77. The van der Waals surface area contributed by atoms with E-state index >= 15 is 0 Å². The first-order valence-corrected chi connectivity index (χ1v) is 8.90. The number of carbonyl (C=O) groups excluding carboxylic acids is 1. The molecule has 0 N–H and O–H groups in total. The highest BCUT2D eigenvalue weighted by Crippen LogP contribution is 2.23. The van der Waals surface area contributed by atoms with E-state index < -0.39 is 5.60 Å². The third-order valence-electron chi connectivity index (χ3n) is 3.85. The molecule has 0 bridgehead atoms. The molecule has 0 aromatic heterocycles. The van der Waals surface area contributed by atoms with E-state index in [0.717, 1.165) is 25.8 Å². The summed E-state index contributed by atoms with van der Waals surface area (Å²) in [7, 11) is 0. The van der Waals surface area contributed by atoms with Crippen LogP contribution in [0, 0.1) is 6.92 Å². The predicted molar refractivity (Wildman–Crippen MR) is 96.8 cm³/mol. The number of aryl methyl sites for hydroxylation is 1. The van der Waals surface area contributed by atoms with Crippen molar-refractivity contribution in [1.29, 1.82) is 0 Å². The molecule has 0 radical (unpaired) electrons. The molecule has 130 valence electrons. The van der Waals surface area contributed by atoms with Crippen molar-refractivity contribution in [2.45, 2.75) is 78.9 Å². The number of carbonyl (C=O) groups is 1.